The summed E-state index contributed by atoms with van der Waals surface area (Å²) in [7, 11) is 1.44. The third-order valence-corrected chi connectivity index (χ3v) is 3.48. The van der Waals surface area contributed by atoms with Gasteiger partial charge in [-0.2, -0.15) is 0 Å². The molecule has 118 valence electrons. The largest absolute Gasteiger partial charge is 0.494 e. The van der Waals surface area contributed by atoms with Crippen molar-refractivity contribution in [3.8, 4) is 5.75 Å². The van der Waals surface area contributed by atoms with E-state index in [1.54, 1.807) is 0 Å². The molecule has 0 heterocycles. The number of unbranched alkanes of at least 4 members (excludes halogenated alkanes) is 1. The molecule has 0 fully saturated rings. The van der Waals surface area contributed by atoms with Crippen molar-refractivity contribution in [2.75, 3.05) is 20.3 Å². The first-order chi connectivity index (χ1) is 10.1. The zero-order valence-corrected chi connectivity index (χ0v) is 13.4. The van der Waals surface area contributed by atoms with E-state index < -0.39 is 5.54 Å². The third kappa shape index (κ3) is 6.17. The second-order valence-corrected chi connectivity index (χ2v) is 5.37. The zero-order chi connectivity index (χ0) is 15.6. The second-order valence-electron chi connectivity index (χ2n) is 5.37. The number of benzene rings is 1. The summed E-state index contributed by atoms with van der Waals surface area (Å²) >= 11 is 0. The van der Waals surface area contributed by atoms with Gasteiger partial charge < -0.3 is 14.8 Å². The van der Waals surface area contributed by atoms with Crippen molar-refractivity contribution >= 4 is 5.97 Å². The molecule has 0 aromatic heterocycles. The molecule has 4 heteroatoms. The lowest BCUT2D eigenvalue weighted by Gasteiger charge is -2.28. The number of esters is 1. The average molecular weight is 293 g/mol. The Morgan fingerprint density at radius 2 is 1.95 bits per heavy atom. The second kappa shape index (κ2) is 9.40. The van der Waals surface area contributed by atoms with Crippen LogP contribution >= 0.6 is 0 Å². The summed E-state index contributed by atoms with van der Waals surface area (Å²) in [6, 6.07) is 9.77. The molecule has 0 saturated heterocycles. The van der Waals surface area contributed by atoms with Crippen LogP contribution in [0.1, 0.15) is 39.5 Å². The SMILES string of the molecule is CCCNC(C)(CCCCOc1ccccc1)C(=O)OC. The zero-order valence-electron chi connectivity index (χ0n) is 13.4. The Morgan fingerprint density at radius 3 is 2.57 bits per heavy atom. The molecule has 1 N–H and O–H groups in total. The van der Waals surface area contributed by atoms with Crippen molar-refractivity contribution in [3.63, 3.8) is 0 Å². The number of methoxy groups -OCH3 is 1. The average Bonchev–Trinajstić information content (AvgIpc) is 2.52. The Hall–Kier alpha value is -1.55. The van der Waals surface area contributed by atoms with Crippen LogP contribution in [0.4, 0.5) is 0 Å². The fourth-order valence-electron chi connectivity index (χ4n) is 2.18. The van der Waals surface area contributed by atoms with Gasteiger partial charge in [-0.3, -0.25) is 4.79 Å². The number of nitrogens with one attached hydrogen (secondary N) is 1. The number of hydrogen-bond acceptors (Lipinski definition) is 4. The van der Waals surface area contributed by atoms with Crippen LogP contribution in [-0.2, 0) is 9.53 Å². The van der Waals surface area contributed by atoms with Gasteiger partial charge in [0.05, 0.1) is 13.7 Å². The van der Waals surface area contributed by atoms with Crippen molar-refractivity contribution in [1.29, 1.82) is 0 Å². The van der Waals surface area contributed by atoms with E-state index in [1.807, 2.05) is 37.3 Å². The minimum Gasteiger partial charge on any atom is -0.494 e. The quantitative estimate of drug-likeness (QED) is 0.532. The van der Waals surface area contributed by atoms with Crippen molar-refractivity contribution in [1.82, 2.24) is 5.32 Å². The highest BCUT2D eigenvalue weighted by atomic mass is 16.5. The lowest BCUT2D eigenvalue weighted by Crippen LogP contribution is -2.50. The maximum Gasteiger partial charge on any atom is 0.325 e. The molecule has 1 atom stereocenters. The summed E-state index contributed by atoms with van der Waals surface area (Å²) in [6.45, 7) is 5.46. The van der Waals surface area contributed by atoms with Gasteiger partial charge >= 0.3 is 5.97 Å². The minimum atomic E-state index is -0.600. The van der Waals surface area contributed by atoms with Crippen LogP contribution in [0.25, 0.3) is 0 Å². The Morgan fingerprint density at radius 1 is 1.24 bits per heavy atom. The van der Waals surface area contributed by atoms with Gasteiger partial charge in [-0.05, 0) is 51.3 Å². The molecular weight excluding hydrogens is 266 g/mol. The number of para-hydroxylation sites is 1. The summed E-state index contributed by atoms with van der Waals surface area (Å²) in [5.41, 5.74) is -0.600. The maximum absolute atomic E-state index is 11.9. The Labute approximate surface area is 127 Å². The van der Waals surface area contributed by atoms with Crippen LogP contribution in [0.2, 0.25) is 0 Å². The normalized spacial score (nSPS) is 13.5. The summed E-state index contributed by atoms with van der Waals surface area (Å²) in [5, 5.41) is 3.29. The summed E-state index contributed by atoms with van der Waals surface area (Å²) in [4.78, 5) is 11.9. The Bertz CT molecular complexity index is 408. The molecule has 0 bridgehead atoms. The van der Waals surface area contributed by atoms with Gasteiger partial charge in [-0.1, -0.05) is 25.1 Å². The van der Waals surface area contributed by atoms with E-state index in [4.69, 9.17) is 9.47 Å². The molecule has 0 radical (unpaired) electrons. The van der Waals surface area contributed by atoms with E-state index in [-0.39, 0.29) is 5.97 Å². The van der Waals surface area contributed by atoms with E-state index in [9.17, 15) is 4.79 Å². The van der Waals surface area contributed by atoms with Crippen LogP contribution in [0.3, 0.4) is 0 Å². The van der Waals surface area contributed by atoms with Crippen LogP contribution in [0, 0.1) is 0 Å². The van der Waals surface area contributed by atoms with Crippen molar-refractivity contribution in [2.24, 2.45) is 0 Å². The molecule has 0 aliphatic carbocycles. The molecule has 0 amide bonds. The smallest absolute Gasteiger partial charge is 0.325 e. The van der Waals surface area contributed by atoms with E-state index in [1.165, 1.54) is 7.11 Å². The fraction of sp³-hybridized carbons (Fsp3) is 0.588. The van der Waals surface area contributed by atoms with Crippen molar-refractivity contribution < 1.29 is 14.3 Å². The van der Waals surface area contributed by atoms with Gasteiger partial charge in [0.15, 0.2) is 0 Å². The van der Waals surface area contributed by atoms with E-state index in [2.05, 4.69) is 12.2 Å². The van der Waals surface area contributed by atoms with Crippen LogP contribution in [-0.4, -0.2) is 31.8 Å². The van der Waals surface area contributed by atoms with E-state index >= 15 is 0 Å². The summed E-state index contributed by atoms with van der Waals surface area (Å²) in [5.74, 6) is 0.692. The molecule has 1 aromatic carbocycles. The number of carbonyl (C=O) groups is 1. The van der Waals surface area contributed by atoms with Crippen LogP contribution in [0.15, 0.2) is 30.3 Å². The molecular formula is C17H27NO3. The Balaban J connectivity index is 2.31. The van der Waals surface area contributed by atoms with Gasteiger partial charge in [0.1, 0.15) is 11.3 Å². The molecule has 1 rings (SSSR count). The fourth-order valence-corrected chi connectivity index (χ4v) is 2.18. The molecule has 1 aromatic rings. The van der Waals surface area contributed by atoms with Crippen molar-refractivity contribution in [2.45, 2.75) is 45.1 Å². The lowest BCUT2D eigenvalue weighted by molar-refractivity contribution is -0.148. The van der Waals surface area contributed by atoms with Crippen LogP contribution < -0.4 is 10.1 Å². The molecule has 0 spiro atoms. The first kappa shape index (κ1) is 17.5. The highest BCUT2D eigenvalue weighted by Crippen LogP contribution is 2.17. The predicted molar refractivity (Wildman–Crippen MR) is 84.5 cm³/mol. The molecule has 4 nitrogen and oxygen atoms in total. The molecule has 0 aliphatic rings. The van der Waals surface area contributed by atoms with E-state index in [0.717, 1.165) is 38.0 Å². The number of carbonyl (C=O) groups excluding carboxylic acids is 1. The van der Waals surface area contributed by atoms with Gasteiger partial charge in [0.2, 0.25) is 0 Å². The minimum absolute atomic E-state index is 0.195. The summed E-state index contributed by atoms with van der Waals surface area (Å²) < 4.78 is 10.6. The highest BCUT2D eigenvalue weighted by Gasteiger charge is 2.32. The monoisotopic (exact) mass is 293 g/mol. The number of hydrogen-bond donors (Lipinski definition) is 1. The van der Waals surface area contributed by atoms with Gasteiger partial charge in [0, 0.05) is 0 Å². The summed E-state index contributed by atoms with van der Waals surface area (Å²) in [6.07, 6.45) is 3.56. The van der Waals surface area contributed by atoms with Gasteiger partial charge in [0.25, 0.3) is 0 Å². The van der Waals surface area contributed by atoms with Gasteiger partial charge in [-0.25, -0.2) is 0 Å². The first-order valence-electron chi connectivity index (χ1n) is 7.63. The van der Waals surface area contributed by atoms with E-state index in [0.29, 0.717) is 6.61 Å². The lowest BCUT2D eigenvalue weighted by atomic mass is 9.94. The molecule has 1 unspecified atom stereocenters. The van der Waals surface area contributed by atoms with Crippen molar-refractivity contribution in [3.05, 3.63) is 30.3 Å². The number of ether oxygens (including phenoxy) is 2. The first-order valence-corrected chi connectivity index (χ1v) is 7.63. The maximum atomic E-state index is 11.9. The predicted octanol–water partition coefficient (Wildman–Crippen LogP) is 3.17. The molecule has 0 aliphatic heterocycles. The Kier molecular flexibility index (Phi) is 7.83. The van der Waals surface area contributed by atoms with Crippen LogP contribution in [0.5, 0.6) is 5.75 Å². The number of rotatable bonds is 10. The standard InChI is InChI=1S/C17H27NO3/c1-4-13-18-17(2,16(19)20-3)12-8-9-14-21-15-10-6-5-7-11-15/h5-7,10-11,18H,4,8-9,12-14H2,1-3H3. The van der Waals surface area contributed by atoms with Gasteiger partial charge in [-0.15, -0.1) is 0 Å². The molecule has 0 saturated carbocycles. The highest BCUT2D eigenvalue weighted by molar-refractivity contribution is 5.80. The topological polar surface area (TPSA) is 47.6 Å². The third-order valence-electron chi connectivity index (χ3n) is 3.48. The molecule has 21 heavy (non-hydrogen) atoms.